The van der Waals surface area contributed by atoms with E-state index in [1.807, 2.05) is 6.92 Å². The summed E-state index contributed by atoms with van der Waals surface area (Å²) < 4.78 is 44.6. The van der Waals surface area contributed by atoms with Gasteiger partial charge in [0.1, 0.15) is 0 Å². The summed E-state index contributed by atoms with van der Waals surface area (Å²) in [4.78, 5) is 29.8. The number of hydrogen-bond acceptors (Lipinski definition) is 4. The Morgan fingerprint density at radius 3 is 2.53 bits per heavy atom. The van der Waals surface area contributed by atoms with Gasteiger partial charge in [0, 0.05) is 37.0 Å². The molecule has 160 valence electrons. The first-order valence-electron chi connectivity index (χ1n) is 9.73. The summed E-state index contributed by atoms with van der Waals surface area (Å²) in [7, 11) is 1.28. The van der Waals surface area contributed by atoms with Gasteiger partial charge in [0.25, 0.3) is 0 Å². The van der Waals surface area contributed by atoms with Crippen LogP contribution in [0.1, 0.15) is 36.5 Å². The molecule has 1 amide bonds. The predicted molar refractivity (Wildman–Crippen MR) is 104 cm³/mol. The molecule has 0 atom stereocenters. The maximum Gasteiger partial charge on any atom is 0.416 e. The second-order valence-corrected chi connectivity index (χ2v) is 7.33. The lowest BCUT2D eigenvalue weighted by atomic mass is 9.96. The van der Waals surface area contributed by atoms with E-state index in [0.29, 0.717) is 28.8 Å². The SMILES string of the molecule is CCN(Cc1cc(C(F)(F)F)ccc1-c1cncc(CC(=O)OC)c1)C(=O)C1CC1. The Balaban J connectivity index is 2.00. The van der Waals surface area contributed by atoms with Gasteiger partial charge in [-0.15, -0.1) is 0 Å². The van der Waals surface area contributed by atoms with E-state index >= 15 is 0 Å². The van der Waals surface area contributed by atoms with Gasteiger partial charge in [-0.3, -0.25) is 14.6 Å². The van der Waals surface area contributed by atoms with Gasteiger partial charge < -0.3 is 9.64 Å². The summed E-state index contributed by atoms with van der Waals surface area (Å²) >= 11 is 0. The van der Waals surface area contributed by atoms with Crippen LogP contribution < -0.4 is 0 Å². The zero-order chi connectivity index (χ0) is 21.9. The summed E-state index contributed by atoms with van der Waals surface area (Å²) in [5.74, 6) is -0.489. The summed E-state index contributed by atoms with van der Waals surface area (Å²) in [6.45, 7) is 2.30. The van der Waals surface area contributed by atoms with Crippen molar-refractivity contribution in [2.45, 2.75) is 38.9 Å². The van der Waals surface area contributed by atoms with Gasteiger partial charge in [0.2, 0.25) is 5.91 Å². The molecule has 1 heterocycles. The first kappa shape index (κ1) is 21.8. The molecule has 0 unspecified atom stereocenters. The molecule has 0 bridgehead atoms. The largest absolute Gasteiger partial charge is 0.469 e. The van der Waals surface area contributed by atoms with Gasteiger partial charge in [0.05, 0.1) is 19.1 Å². The highest BCUT2D eigenvalue weighted by Crippen LogP contribution is 2.35. The van der Waals surface area contributed by atoms with Crippen molar-refractivity contribution in [3.63, 3.8) is 0 Å². The van der Waals surface area contributed by atoms with Crippen LogP contribution in [0.5, 0.6) is 0 Å². The highest BCUT2D eigenvalue weighted by Gasteiger charge is 2.34. The first-order valence-corrected chi connectivity index (χ1v) is 9.73. The van der Waals surface area contributed by atoms with E-state index in [1.54, 1.807) is 11.0 Å². The zero-order valence-corrected chi connectivity index (χ0v) is 16.8. The Morgan fingerprint density at radius 2 is 1.93 bits per heavy atom. The molecule has 5 nitrogen and oxygen atoms in total. The summed E-state index contributed by atoms with van der Waals surface area (Å²) in [5.41, 5.74) is 1.33. The number of esters is 1. The van der Waals surface area contributed by atoms with Crippen LogP contribution >= 0.6 is 0 Å². The molecule has 8 heteroatoms. The Bertz CT molecular complexity index is 939. The van der Waals surface area contributed by atoms with Crippen LogP contribution in [0.4, 0.5) is 13.2 Å². The molecule has 1 aromatic heterocycles. The van der Waals surface area contributed by atoms with Crippen LogP contribution in [-0.4, -0.2) is 35.4 Å². The average Bonchev–Trinajstić information content (AvgIpc) is 3.56. The number of carbonyl (C=O) groups excluding carboxylic acids is 2. The van der Waals surface area contributed by atoms with E-state index in [4.69, 9.17) is 0 Å². The molecular weight excluding hydrogens is 397 g/mol. The fourth-order valence-corrected chi connectivity index (χ4v) is 3.29. The Hall–Kier alpha value is -2.90. The highest BCUT2D eigenvalue weighted by molar-refractivity contribution is 5.81. The molecule has 0 saturated heterocycles. The van der Waals surface area contributed by atoms with Crippen molar-refractivity contribution in [2.24, 2.45) is 5.92 Å². The fraction of sp³-hybridized carbons (Fsp3) is 0.409. The first-order chi connectivity index (χ1) is 14.2. The number of hydrogen-bond donors (Lipinski definition) is 0. The molecule has 0 spiro atoms. The van der Waals surface area contributed by atoms with E-state index in [0.717, 1.165) is 25.0 Å². The monoisotopic (exact) mass is 420 g/mol. The van der Waals surface area contributed by atoms with Crippen molar-refractivity contribution in [1.29, 1.82) is 0 Å². The lowest BCUT2D eigenvalue weighted by molar-refractivity contribution is -0.140. The molecule has 2 aromatic rings. The molecular formula is C22H23F3N2O3. The molecule has 30 heavy (non-hydrogen) atoms. The molecule has 3 rings (SSSR count). The van der Waals surface area contributed by atoms with Crippen LogP contribution in [0, 0.1) is 5.92 Å². The van der Waals surface area contributed by atoms with Gasteiger partial charge in [-0.2, -0.15) is 13.2 Å². The van der Waals surface area contributed by atoms with Crippen molar-refractivity contribution in [1.82, 2.24) is 9.88 Å². The number of benzene rings is 1. The van der Waals surface area contributed by atoms with Gasteiger partial charge in [-0.25, -0.2) is 0 Å². The van der Waals surface area contributed by atoms with Crippen LogP contribution in [0.25, 0.3) is 11.1 Å². The molecule has 0 aliphatic heterocycles. The number of nitrogens with zero attached hydrogens (tertiary/aromatic N) is 2. The van der Waals surface area contributed by atoms with Gasteiger partial charge in [0.15, 0.2) is 0 Å². The highest BCUT2D eigenvalue weighted by atomic mass is 19.4. The van der Waals surface area contributed by atoms with Crippen LogP contribution in [-0.2, 0) is 33.5 Å². The second-order valence-electron chi connectivity index (χ2n) is 7.33. The minimum absolute atomic E-state index is 0.00849. The Morgan fingerprint density at radius 1 is 1.20 bits per heavy atom. The molecule has 1 fully saturated rings. The topological polar surface area (TPSA) is 59.5 Å². The zero-order valence-electron chi connectivity index (χ0n) is 16.8. The number of ether oxygens (including phenoxy) is 1. The van der Waals surface area contributed by atoms with Crippen molar-refractivity contribution in [3.05, 3.63) is 53.3 Å². The molecule has 1 saturated carbocycles. The minimum atomic E-state index is -4.49. The van der Waals surface area contributed by atoms with E-state index < -0.39 is 17.7 Å². The second kappa shape index (κ2) is 8.85. The summed E-state index contributed by atoms with van der Waals surface area (Å²) in [6.07, 6.45) is 0.212. The third-order valence-electron chi connectivity index (χ3n) is 5.10. The number of methoxy groups -OCH3 is 1. The summed E-state index contributed by atoms with van der Waals surface area (Å²) in [6, 6.07) is 5.21. The van der Waals surface area contributed by atoms with Gasteiger partial charge >= 0.3 is 12.1 Å². The van der Waals surface area contributed by atoms with Crippen LogP contribution in [0.3, 0.4) is 0 Å². The maximum absolute atomic E-state index is 13.3. The number of rotatable bonds is 7. The molecule has 0 radical (unpaired) electrons. The normalized spacial score (nSPS) is 13.8. The summed E-state index contributed by atoms with van der Waals surface area (Å²) in [5, 5.41) is 0. The smallest absolute Gasteiger partial charge is 0.416 e. The van der Waals surface area contributed by atoms with Crippen molar-refractivity contribution >= 4 is 11.9 Å². The number of alkyl halides is 3. The van der Waals surface area contributed by atoms with Crippen LogP contribution in [0.15, 0.2) is 36.7 Å². The third kappa shape index (κ3) is 5.17. The Kier molecular flexibility index (Phi) is 6.43. The van der Waals surface area contributed by atoms with E-state index in [2.05, 4.69) is 9.72 Å². The molecule has 1 aliphatic rings. The predicted octanol–water partition coefficient (Wildman–Crippen LogP) is 4.24. The molecule has 0 N–H and O–H groups in total. The standard InChI is InChI=1S/C22H23F3N2O3/c1-3-27(21(29)15-4-5-15)13-17-10-18(22(23,24)25)6-7-19(17)16-8-14(11-26-12-16)9-20(28)30-2/h6-8,10-12,15H,3-5,9,13H2,1-2H3. The van der Waals surface area contributed by atoms with Gasteiger partial charge in [-0.05, 0) is 54.7 Å². The van der Waals surface area contributed by atoms with Crippen molar-refractivity contribution in [2.75, 3.05) is 13.7 Å². The van der Waals surface area contributed by atoms with E-state index in [1.165, 1.54) is 25.6 Å². The quantitative estimate of drug-likeness (QED) is 0.629. The number of carbonyl (C=O) groups is 2. The van der Waals surface area contributed by atoms with Crippen molar-refractivity contribution < 1.29 is 27.5 Å². The number of pyridine rings is 1. The maximum atomic E-state index is 13.3. The lowest BCUT2D eigenvalue weighted by Crippen LogP contribution is -2.31. The molecule has 1 aliphatic carbocycles. The van der Waals surface area contributed by atoms with Crippen molar-refractivity contribution in [3.8, 4) is 11.1 Å². The number of aromatic nitrogens is 1. The lowest BCUT2D eigenvalue weighted by Gasteiger charge is -2.23. The third-order valence-corrected chi connectivity index (χ3v) is 5.10. The van der Waals surface area contributed by atoms with Gasteiger partial charge in [-0.1, -0.05) is 6.07 Å². The fourth-order valence-electron chi connectivity index (χ4n) is 3.29. The van der Waals surface area contributed by atoms with E-state index in [-0.39, 0.29) is 24.8 Å². The Labute approximate surface area is 172 Å². The average molecular weight is 420 g/mol. The number of halogens is 3. The van der Waals surface area contributed by atoms with Crippen LogP contribution in [0.2, 0.25) is 0 Å². The molecule has 1 aromatic carbocycles. The van der Waals surface area contributed by atoms with E-state index in [9.17, 15) is 22.8 Å². The number of amides is 1. The minimum Gasteiger partial charge on any atom is -0.469 e.